The number of halogens is 3. The summed E-state index contributed by atoms with van der Waals surface area (Å²) < 4.78 is 38.7. The van der Waals surface area contributed by atoms with E-state index in [1.54, 1.807) is 0 Å². The molecule has 1 aliphatic rings. The second-order valence-electron chi connectivity index (χ2n) is 3.17. The van der Waals surface area contributed by atoms with E-state index in [9.17, 15) is 13.2 Å². The molecule has 1 unspecified atom stereocenters. The molecule has 0 bridgehead atoms. The van der Waals surface area contributed by atoms with E-state index in [2.05, 4.69) is 10.1 Å². The van der Waals surface area contributed by atoms with Crippen LogP contribution in [0.5, 0.6) is 0 Å². The van der Waals surface area contributed by atoms with Crippen molar-refractivity contribution >= 4 is 0 Å². The van der Waals surface area contributed by atoms with Crippen LogP contribution in [0.3, 0.4) is 0 Å². The Morgan fingerprint density at radius 1 is 1.40 bits per heavy atom. The van der Waals surface area contributed by atoms with Gasteiger partial charge in [0.15, 0.2) is 0 Å². The number of alkyl halides is 3. The minimum Gasteiger partial charge on any atom is -0.309 e. The maximum atomic E-state index is 11.6. The summed E-state index contributed by atoms with van der Waals surface area (Å²) in [7, 11) is 1.88. The molecule has 3 nitrogen and oxygen atoms in total. The largest absolute Gasteiger partial charge is 0.522 e. The number of nitrogens with one attached hydrogen (secondary N) is 1. The van der Waals surface area contributed by atoms with E-state index in [0.29, 0.717) is 13.1 Å². The molecule has 92 valence electrons. The van der Waals surface area contributed by atoms with Crippen LogP contribution in [0.15, 0.2) is 0 Å². The first-order valence-electron chi connectivity index (χ1n) is 5.10. The van der Waals surface area contributed by atoms with Crippen LogP contribution in [-0.4, -0.2) is 50.6 Å². The normalized spacial score (nSPS) is 23.2. The zero-order valence-corrected chi connectivity index (χ0v) is 9.40. The summed E-state index contributed by atoms with van der Waals surface area (Å²) in [5.41, 5.74) is 0. The smallest absolute Gasteiger partial charge is 0.309 e. The van der Waals surface area contributed by atoms with Crippen LogP contribution < -0.4 is 5.32 Å². The molecule has 15 heavy (non-hydrogen) atoms. The molecule has 1 aliphatic heterocycles. The molecule has 0 aliphatic carbocycles. The molecule has 0 amide bonds. The summed E-state index contributed by atoms with van der Waals surface area (Å²) in [4.78, 5) is 1.97. The molecule has 0 aromatic rings. The van der Waals surface area contributed by atoms with Gasteiger partial charge in [-0.2, -0.15) is 0 Å². The summed E-state index contributed by atoms with van der Waals surface area (Å²) >= 11 is 0. The molecule has 1 fully saturated rings. The molecule has 0 saturated carbocycles. The van der Waals surface area contributed by atoms with E-state index in [1.807, 2.05) is 25.8 Å². The molecule has 1 N–H and O–H groups in total. The lowest BCUT2D eigenvalue weighted by atomic mass is 10.2. The maximum absolute atomic E-state index is 11.6. The number of likely N-dealkylation sites (N-methyl/N-ethyl adjacent to an activating group) is 1. The van der Waals surface area contributed by atoms with E-state index in [4.69, 9.17) is 0 Å². The van der Waals surface area contributed by atoms with Crippen molar-refractivity contribution < 1.29 is 17.9 Å². The highest BCUT2D eigenvalue weighted by Gasteiger charge is 2.31. The van der Waals surface area contributed by atoms with Crippen molar-refractivity contribution in [1.29, 1.82) is 0 Å². The van der Waals surface area contributed by atoms with Gasteiger partial charge in [-0.15, -0.1) is 13.2 Å². The fourth-order valence-corrected chi connectivity index (χ4v) is 1.30. The average Bonchev–Trinajstić information content (AvgIpc) is 2.17. The SMILES string of the molecule is CC.CN1CCNC(COC(F)(F)F)C1. The number of piperazine rings is 1. The van der Waals surface area contributed by atoms with E-state index in [0.717, 1.165) is 6.54 Å². The first-order valence-corrected chi connectivity index (χ1v) is 5.10. The van der Waals surface area contributed by atoms with Gasteiger partial charge in [0.25, 0.3) is 0 Å². The first kappa shape index (κ1) is 14.7. The zero-order chi connectivity index (χ0) is 11.9. The van der Waals surface area contributed by atoms with Gasteiger partial charge in [-0.05, 0) is 7.05 Å². The molecule has 1 saturated heterocycles. The van der Waals surface area contributed by atoms with E-state index < -0.39 is 6.36 Å². The van der Waals surface area contributed by atoms with Gasteiger partial charge in [0.05, 0.1) is 6.61 Å². The minimum absolute atomic E-state index is 0.222. The van der Waals surface area contributed by atoms with Gasteiger partial charge in [0.2, 0.25) is 0 Å². The van der Waals surface area contributed by atoms with Crippen molar-refractivity contribution in [1.82, 2.24) is 10.2 Å². The Labute approximate surface area is 88.6 Å². The molecule has 6 heteroatoms. The van der Waals surface area contributed by atoms with Crippen LogP contribution in [0, 0.1) is 0 Å². The molecular weight excluding hydrogens is 209 g/mol. The van der Waals surface area contributed by atoms with Gasteiger partial charge in [0.1, 0.15) is 0 Å². The summed E-state index contributed by atoms with van der Waals surface area (Å²) in [6.07, 6.45) is -4.52. The molecule has 1 rings (SSSR count). The molecule has 0 aromatic carbocycles. The van der Waals surface area contributed by atoms with Crippen molar-refractivity contribution in [3.63, 3.8) is 0 Å². The van der Waals surface area contributed by atoms with E-state index >= 15 is 0 Å². The van der Waals surface area contributed by atoms with Crippen LogP contribution in [0.25, 0.3) is 0 Å². The molecule has 0 radical (unpaired) electrons. The Morgan fingerprint density at radius 2 is 2.00 bits per heavy atom. The van der Waals surface area contributed by atoms with Gasteiger partial charge >= 0.3 is 6.36 Å². The van der Waals surface area contributed by atoms with Crippen LogP contribution >= 0.6 is 0 Å². The van der Waals surface area contributed by atoms with Crippen LogP contribution in [0.1, 0.15) is 13.8 Å². The fraction of sp³-hybridized carbons (Fsp3) is 1.00. The van der Waals surface area contributed by atoms with Crippen LogP contribution in [0.2, 0.25) is 0 Å². The van der Waals surface area contributed by atoms with Crippen molar-refractivity contribution in [2.75, 3.05) is 33.3 Å². The van der Waals surface area contributed by atoms with Gasteiger partial charge in [-0.3, -0.25) is 4.74 Å². The minimum atomic E-state index is -4.52. The Balaban J connectivity index is 0.000000921. The monoisotopic (exact) mass is 228 g/mol. The summed E-state index contributed by atoms with van der Waals surface area (Å²) in [6, 6.07) is -0.222. The molecular formula is C9H19F3N2O. The van der Waals surface area contributed by atoms with Gasteiger partial charge < -0.3 is 10.2 Å². The third-order valence-corrected chi connectivity index (χ3v) is 1.91. The highest BCUT2D eigenvalue weighted by molar-refractivity contribution is 4.76. The van der Waals surface area contributed by atoms with Crippen molar-refractivity contribution in [3.05, 3.63) is 0 Å². The number of hydrogen-bond donors (Lipinski definition) is 1. The molecule has 1 atom stereocenters. The summed E-state index contributed by atoms with van der Waals surface area (Å²) in [6.45, 7) is 5.86. The van der Waals surface area contributed by atoms with E-state index in [-0.39, 0.29) is 12.6 Å². The quantitative estimate of drug-likeness (QED) is 0.774. The topological polar surface area (TPSA) is 24.5 Å². The Bertz CT molecular complexity index is 164. The fourth-order valence-electron chi connectivity index (χ4n) is 1.30. The number of hydrogen-bond acceptors (Lipinski definition) is 3. The predicted molar refractivity (Wildman–Crippen MR) is 52.6 cm³/mol. The third-order valence-electron chi connectivity index (χ3n) is 1.91. The van der Waals surface area contributed by atoms with Gasteiger partial charge in [-0.25, -0.2) is 0 Å². The lowest BCUT2D eigenvalue weighted by Crippen LogP contribution is -2.51. The van der Waals surface area contributed by atoms with Crippen LogP contribution in [0.4, 0.5) is 13.2 Å². The Morgan fingerprint density at radius 3 is 2.47 bits per heavy atom. The number of nitrogens with zero attached hydrogens (tertiary/aromatic N) is 1. The lowest BCUT2D eigenvalue weighted by Gasteiger charge is -2.30. The highest BCUT2D eigenvalue weighted by Crippen LogP contribution is 2.16. The zero-order valence-electron chi connectivity index (χ0n) is 9.40. The van der Waals surface area contributed by atoms with Gasteiger partial charge in [-0.1, -0.05) is 13.8 Å². The molecule has 1 heterocycles. The highest BCUT2D eigenvalue weighted by atomic mass is 19.4. The standard InChI is InChI=1S/C7H13F3N2O.C2H6/c1-12-3-2-11-6(4-12)5-13-7(8,9)10;1-2/h6,11H,2-5H2,1H3;1-2H3. The number of ether oxygens (including phenoxy) is 1. The second kappa shape index (κ2) is 7.03. The maximum Gasteiger partial charge on any atom is 0.522 e. The van der Waals surface area contributed by atoms with Gasteiger partial charge in [0, 0.05) is 25.7 Å². The number of rotatable bonds is 2. The predicted octanol–water partition coefficient (Wildman–Crippen LogP) is 1.45. The summed E-state index contributed by atoms with van der Waals surface area (Å²) in [5, 5.41) is 2.96. The Hall–Kier alpha value is -0.330. The molecule has 0 spiro atoms. The van der Waals surface area contributed by atoms with Crippen molar-refractivity contribution in [2.24, 2.45) is 0 Å². The van der Waals surface area contributed by atoms with E-state index in [1.165, 1.54) is 0 Å². The van der Waals surface area contributed by atoms with Crippen molar-refractivity contribution in [2.45, 2.75) is 26.3 Å². The average molecular weight is 228 g/mol. The first-order chi connectivity index (χ1) is 6.97. The summed E-state index contributed by atoms with van der Waals surface area (Å²) in [5.74, 6) is 0. The Kier molecular flexibility index (Phi) is 6.87. The molecule has 0 aromatic heterocycles. The third kappa shape index (κ3) is 7.58. The van der Waals surface area contributed by atoms with Crippen molar-refractivity contribution in [3.8, 4) is 0 Å². The van der Waals surface area contributed by atoms with Crippen LogP contribution in [-0.2, 0) is 4.74 Å². The second-order valence-corrected chi connectivity index (χ2v) is 3.17. The lowest BCUT2D eigenvalue weighted by molar-refractivity contribution is -0.326.